The summed E-state index contributed by atoms with van der Waals surface area (Å²) >= 11 is 0. The van der Waals surface area contributed by atoms with Gasteiger partial charge in [0.25, 0.3) is 0 Å². The third-order valence-corrected chi connectivity index (χ3v) is 15.0. The van der Waals surface area contributed by atoms with E-state index in [0.29, 0.717) is 5.41 Å². The van der Waals surface area contributed by atoms with Gasteiger partial charge in [-0.3, -0.25) is 4.90 Å². The summed E-state index contributed by atoms with van der Waals surface area (Å²) in [7, 11) is 2.42. The van der Waals surface area contributed by atoms with Gasteiger partial charge in [0, 0.05) is 11.1 Å². The van der Waals surface area contributed by atoms with Gasteiger partial charge in [0.2, 0.25) is 0 Å². The van der Waals surface area contributed by atoms with Crippen LogP contribution in [-0.4, -0.2) is 23.0 Å². The molecule has 0 aliphatic carbocycles. The van der Waals surface area contributed by atoms with E-state index in [1.54, 1.807) is 0 Å². The van der Waals surface area contributed by atoms with Crippen molar-refractivity contribution in [1.82, 2.24) is 4.90 Å². The van der Waals surface area contributed by atoms with Crippen LogP contribution < -0.4 is 0 Å². The van der Waals surface area contributed by atoms with Crippen LogP contribution in [0.15, 0.2) is 0 Å². The van der Waals surface area contributed by atoms with Crippen molar-refractivity contribution in [2.45, 2.75) is 317 Å². The predicted octanol–water partition coefficient (Wildman–Crippen LogP) is 19.0. The maximum Gasteiger partial charge on any atom is 0.0158 e. The molecule has 1 unspecified atom stereocenters. The molecule has 0 bridgehead atoms. The van der Waals surface area contributed by atoms with E-state index in [2.05, 4.69) is 67.3 Å². The second kappa shape index (κ2) is 32.9. The van der Waals surface area contributed by atoms with Crippen molar-refractivity contribution < 1.29 is 0 Å². The lowest BCUT2D eigenvalue weighted by molar-refractivity contribution is -0.0722. The van der Waals surface area contributed by atoms with Crippen LogP contribution in [0.2, 0.25) is 0 Å². The highest BCUT2D eigenvalue weighted by Crippen LogP contribution is 2.54. The lowest BCUT2D eigenvalue weighted by Gasteiger charge is -2.57. The Morgan fingerprint density at radius 1 is 0.389 bits per heavy atom. The molecule has 1 saturated heterocycles. The fraction of sp³-hybridized carbons (Fsp3) is 1.00. The van der Waals surface area contributed by atoms with E-state index >= 15 is 0 Å². The molecule has 0 amide bonds. The lowest BCUT2D eigenvalue weighted by atomic mass is 9.56. The predicted molar refractivity (Wildman–Crippen MR) is 248 cm³/mol. The Morgan fingerprint density at radius 2 is 0.611 bits per heavy atom. The van der Waals surface area contributed by atoms with Gasteiger partial charge in [0.1, 0.15) is 0 Å². The monoisotopic (exact) mass is 758 g/mol. The second-order valence-corrected chi connectivity index (χ2v) is 20.6. The molecule has 0 N–H and O–H groups in total. The molecule has 1 heterocycles. The van der Waals surface area contributed by atoms with Gasteiger partial charge < -0.3 is 0 Å². The molecule has 1 aliphatic rings. The van der Waals surface area contributed by atoms with E-state index in [1.165, 1.54) is 250 Å². The van der Waals surface area contributed by atoms with Crippen molar-refractivity contribution in [3.63, 3.8) is 0 Å². The van der Waals surface area contributed by atoms with Crippen LogP contribution in [0, 0.1) is 17.3 Å². The average Bonchev–Trinajstić information content (AvgIpc) is 3.14. The molecule has 0 saturated carbocycles. The molecule has 0 aromatic carbocycles. The first-order valence-corrected chi connectivity index (χ1v) is 25.8. The fourth-order valence-corrected chi connectivity index (χ4v) is 11.4. The first-order chi connectivity index (χ1) is 26.1. The van der Waals surface area contributed by atoms with Gasteiger partial charge in [-0.25, -0.2) is 0 Å². The van der Waals surface area contributed by atoms with Crippen molar-refractivity contribution in [2.24, 2.45) is 17.3 Å². The maximum absolute atomic E-state index is 2.74. The smallest absolute Gasteiger partial charge is 0.0158 e. The maximum atomic E-state index is 2.74. The lowest BCUT2D eigenvalue weighted by Crippen LogP contribution is -2.60. The molecule has 1 rings (SSSR count). The summed E-state index contributed by atoms with van der Waals surface area (Å²) < 4.78 is 0. The van der Waals surface area contributed by atoms with Gasteiger partial charge in [0.15, 0.2) is 0 Å². The molecule has 0 radical (unpaired) electrons. The Bertz CT molecular complexity index is 712. The largest absolute Gasteiger partial charge is 0.296 e. The van der Waals surface area contributed by atoms with Gasteiger partial charge in [-0.15, -0.1) is 0 Å². The van der Waals surface area contributed by atoms with Gasteiger partial charge in [-0.05, 0) is 84.1 Å². The Morgan fingerprint density at radius 3 is 0.833 bits per heavy atom. The molecule has 0 aromatic rings. The zero-order chi connectivity index (χ0) is 39.8. The average molecular weight is 758 g/mol. The van der Waals surface area contributed by atoms with Crippen LogP contribution in [-0.2, 0) is 0 Å². The summed E-state index contributed by atoms with van der Waals surface area (Å²) in [5.74, 6) is 1.75. The zero-order valence-corrected chi connectivity index (χ0v) is 39.7. The summed E-state index contributed by atoms with van der Waals surface area (Å²) in [5, 5.41) is 0. The standard InChI is InChI=1S/C53H107N/c1-10-14-17-20-23-26-29-32-35-38-41-44-53(45-42-39-36-33-30-27-24-21-18-15-11-2,46-43-40-37-34-31-28-25-22-19-16-12-3)50(13-4)49-47-51(5,6)54(9)52(7,8)48-49/h49-50H,10-48H2,1-9H3. The molecule has 1 nitrogen and oxygen atoms in total. The molecule has 1 aliphatic heterocycles. The van der Waals surface area contributed by atoms with Crippen LogP contribution in [0.4, 0.5) is 0 Å². The molecule has 54 heavy (non-hydrogen) atoms. The summed E-state index contributed by atoms with van der Waals surface area (Å²) in [6.45, 7) is 19.9. The molecule has 0 aromatic heterocycles. The van der Waals surface area contributed by atoms with Gasteiger partial charge in [0.05, 0.1) is 0 Å². The minimum absolute atomic E-state index is 0.287. The number of nitrogens with zero attached hydrogens (tertiary/aromatic N) is 1. The van der Waals surface area contributed by atoms with Crippen molar-refractivity contribution in [2.75, 3.05) is 7.05 Å². The summed E-state index contributed by atoms with van der Waals surface area (Å²) in [4.78, 5) is 2.74. The van der Waals surface area contributed by atoms with Crippen molar-refractivity contribution in [1.29, 1.82) is 0 Å². The number of hydrogen-bond acceptors (Lipinski definition) is 1. The van der Waals surface area contributed by atoms with E-state index in [4.69, 9.17) is 0 Å². The molecule has 1 fully saturated rings. The molecule has 324 valence electrons. The SMILES string of the molecule is CCCCCCCCCCCCCC(CCCCCCCCCCCCC)(CCCCCCCCCCCCC)C(CC)C1CC(C)(C)N(C)C(C)(C)C1. The summed E-state index contributed by atoms with van der Waals surface area (Å²) in [6, 6.07) is 0. The van der Waals surface area contributed by atoms with E-state index in [1.807, 2.05) is 0 Å². The van der Waals surface area contributed by atoms with Crippen LogP contribution in [0.5, 0.6) is 0 Å². The quantitative estimate of drug-likeness (QED) is 0.0565. The van der Waals surface area contributed by atoms with Crippen molar-refractivity contribution in [3.05, 3.63) is 0 Å². The number of rotatable bonds is 39. The summed E-state index contributed by atoms with van der Waals surface area (Å²) in [6.07, 6.45) is 57.0. The van der Waals surface area contributed by atoms with Crippen LogP contribution in [0.3, 0.4) is 0 Å². The number of piperidine rings is 1. The van der Waals surface area contributed by atoms with E-state index in [0.717, 1.165) is 11.8 Å². The van der Waals surface area contributed by atoms with Gasteiger partial charge in [-0.1, -0.05) is 246 Å². The topological polar surface area (TPSA) is 3.24 Å². The van der Waals surface area contributed by atoms with Gasteiger partial charge >= 0.3 is 0 Å². The molecule has 0 spiro atoms. The zero-order valence-electron chi connectivity index (χ0n) is 39.7. The Hall–Kier alpha value is -0.0400. The van der Waals surface area contributed by atoms with Crippen LogP contribution in [0.1, 0.15) is 306 Å². The fourth-order valence-electron chi connectivity index (χ4n) is 11.4. The van der Waals surface area contributed by atoms with E-state index in [-0.39, 0.29) is 11.1 Å². The minimum Gasteiger partial charge on any atom is -0.296 e. The van der Waals surface area contributed by atoms with Crippen molar-refractivity contribution >= 4 is 0 Å². The third-order valence-electron chi connectivity index (χ3n) is 15.0. The highest BCUT2D eigenvalue weighted by Gasteiger charge is 2.49. The Kier molecular flexibility index (Phi) is 31.6. The third kappa shape index (κ3) is 23.4. The highest BCUT2D eigenvalue weighted by molar-refractivity contribution is 5.02. The van der Waals surface area contributed by atoms with Gasteiger partial charge in [-0.2, -0.15) is 0 Å². The molecule has 1 atom stereocenters. The van der Waals surface area contributed by atoms with E-state index < -0.39 is 0 Å². The molecule has 1 heteroatoms. The van der Waals surface area contributed by atoms with Crippen LogP contribution in [0.25, 0.3) is 0 Å². The number of unbranched alkanes of at least 4 members (excludes halogenated alkanes) is 30. The Labute approximate surface area is 344 Å². The summed E-state index contributed by atoms with van der Waals surface area (Å²) in [5.41, 5.74) is 1.13. The normalized spacial score (nSPS) is 17.1. The van der Waals surface area contributed by atoms with E-state index in [9.17, 15) is 0 Å². The second-order valence-electron chi connectivity index (χ2n) is 20.6. The minimum atomic E-state index is 0.287. The molecular formula is C53H107N. The Balaban J connectivity index is 2.96. The number of likely N-dealkylation sites (tertiary alicyclic amines) is 1. The first kappa shape index (κ1) is 52.0. The first-order valence-electron chi connectivity index (χ1n) is 25.8. The number of hydrogen-bond donors (Lipinski definition) is 0. The highest BCUT2D eigenvalue weighted by atomic mass is 15.2. The van der Waals surface area contributed by atoms with Crippen LogP contribution >= 0.6 is 0 Å². The van der Waals surface area contributed by atoms with Crippen molar-refractivity contribution in [3.8, 4) is 0 Å². The molecular weight excluding hydrogens is 651 g/mol.